The highest BCUT2D eigenvalue weighted by molar-refractivity contribution is 5.97. The van der Waals surface area contributed by atoms with Crippen LogP contribution in [-0.2, 0) is 32.3 Å². The van der Waals surface area contributed by atoms with Crippen LogP contribution >= 0.6 is 0 Å². The summed E-state index contributed by atoms with van der Waals surface area (Å²) in [7, 11) is 0. The Balaban J connectivity index is 1.42. The van der Waals surface area contributed by atoms with Crippen LogP contribution in [0.15, 0.2) is 72.3 Å². The van der Waals surface area contributed by atoms with Crippen LogP contribution in [0.25, 0.3) is 0 Å². The summed E-state index contributed by atoms with van der Waals surface area (Å²) >= 11 is 0. The van der Waals surface area contributed by atoms with Crippen LogP contribution in [0.1, 0.15) is 64.0 Å². The van der Waals surface area contributed by atoms with Gasteiger partial charge in [-0.3, -0.25) is 9.59 Å². The van der Waals surface area contributed by atoms with Gasteiger partial charge in [-0.05, 0) is 65.6 Å². The molecule has 0 unspecified atom stereocenters. The molecule has 4 aliphatic carbocycles. The molecule has 0 heterocycles. The third-order valence-corrected chi connectivity index (χ3v) is 10.6. The molecule has 38 heavy (non-hydrogen) atoms. The van der Waals surface area contributed by atoms with Gasteiger partial charge in [0.2, 0.25) is 0 Å². The summed E-state index contributed by atoms with van der Waals surface area (Å²) in [5.41, 5.74) is 1.70. The molecule has 2 bridgehead atoms. The molecule has 0 amide bonds. The second kappa shape index (κ2) is 9.27. The number of benzene rings is 2. The van der Waals surface area contributed by atoms with Gasteiger partial charge >= 0.3 is 0 Å². The third kappa shape index (κ3) is 3.78. The van der Waals surface area contributed by atoms with Crippen LogP contribution < -0.4 is 0 Å². The average Bonchev–Trinajstić information content (AvgIpc) is 3.28. The molecule has 200 valence electrons. The van der Waals surface area contributed by atoms with E-state index in [9.17, 15) is 9.59 Å². The zero-order chi connectivity index (χ0) is 26.6. The molecule has 3 fully saturated rings. The van der Waals surface area contributed by atoms with Gasteiger partial charge in [0, 0.05) is 11.3 Å². The summed E-state index contributed by atoms with van der Waals surface area (Å²) in [4.78, 5) is 27.0. The smallest absolute Gasteiger partial charge is 0.147 e. The van der Waals surface area contributed by atoms with Gasteiger partial charge in [0.05, 0.1) is 31.3 Å². The Morgan fingerprint density at radius 2 is 1.55 bits per heavy atom. The van der Waals surface area contributed by atoms with Gasteiger partial charge in [-0.15, -0.1) is 0 Å². The topological polar surface area (TPSA) is 52.6 Å². The average molecular weight is 513 g/mol. The van der Waals surface area contributed by atoms with Gasteiger partial charge in [0.25, 0.3) is 0 Å². The number of ether oxygens (including phenoxy) is 2. The fraction of sp³-hybridized carbons (Fsp3) is 0.529. The number of Topliss-reactive ketones (excluding diaryl/α,β-unsaturated/α-hetero) is 1. The number of hydrogen-bond acceptors (Lipinski definition) is 4. The summed E-state index contributed by atoms with van der Waals surface area (Å²) in [5, 5.41) is 0. The van der Waals surface area contributed by atoms with Gasteiger partial charge in [-0.25, -0.2) is 0 Å². The molecule has 4 aliphatic rings. The zero-order valence-electron chi connectivity index (χ0n) is 23.0. The highest BCUT2D eigenvalue weighted by Gasteiger charge is 2.76. The first-order chi connectivity index (χ1) is 18.3. The molecule has 4 nitrogen and oxygen atoms in total. The minimum Gasteiger partial charge on any atom is -0.376 e. The molecule has 6 atom stereocenters. The maximum absolute atomic E-state index is 14.8. The molecule has 0 radical (unpaired) electrons. The number of allylic oxidation sites excluding steroid dienone is 2. The summed E-state index contributed by atoms with van der Waals surface area (Å²) in [6, 6.07) is 20.6. The summed E-state index contributed by atoms with van der Waals surface area (Å²) in [5.74, 6) is 0.260. The Hall–Kier alpha value is -2.56. The number of ketones is 1. The molecule has 0 aromatic heterocycles. The third-order valence-electron chi connectivity index (χ3n) is 10.6. The fourth-order valence-corrected chi connectivity index (χ4v) is 9.01. The quantitative estimate of drug-likeness (QED) is 0.368. The van der Waals surface area contributed by atoms with E-state index in [0.29, 0.717) is 25.6 Å². The summed E-state index contributed by atoms with van der Waals surface area (Å²) in [6.45, 7) is 8.25. The first-order valence-corrected chi connectivity index (χ1v) is 14.3. The van der Waals surface area contributed by atoms with Crippen molar-refractivity contribution in [3.8, 4) is 0 Å². The Morgan fingerprint density at radius 1 is 0.895 bits per heavy atom. The van der Waals surface area contributed by atoms with Crippen molar-refractivity contribution in [1.29, 1.82) is 0 Å². The molecular formula is C34H40O4. The standard InChI is InChI=1S/C34H40O4/c1-31(2)16-15-28(38-21-25-12-8-5-9-13-25)34(23-37-20-24-10-6-4-7-11-24)27-14-17-32(3)22-33(27,18-26(32)19-35)30(36)29(31)34/h4-13,18-19,27-29H,14-17,20-23H2,1-3H3/t27-,28-,29-,32+,33-,34-/m1/s1. The molecule has 0 saturated heterocycles. The van der Waals surface area contributed by atoms with Crippen molar-refractivity contribution in [3.63, 3.8) is 0 Å². The van der Waals surface area contributed by atoms with Crippen molar-refractivity contribution in [2.75, 3.05) is 6.61 Å². The van der Waals surface area contributed by atoms with E-state index in [0.717, 1.165) is 55.1 Å². The van der Waals surface area contributed by atoms with E-state index >= 15 is 0 Å². The lowest BCUT2D eigenvalue weighted by Gasteiger charge is -2.55. The normalized spacial score (nSPS) is 36.9. The number of hydrogen-bond donors (Lipinski definition) is 0. The van der Waals surface area contributed by atoms with E-state index in [1.54, 1.807) is 0 Å². The molecule has 4 heteroatoms. The lowest BCUT2D eigenvalue weighted by atomic mass is 9.51. The summed E-state index contributed by atoms with van der Waals surface area (Å²) < 4.78 is 13.4. The molecule has 0 N–H and O–H groups in total. The molecule has 3 saturated carbocycles. The van der Waals surface area contributed by atoms with E-state index in [4.69, 9.17) is 9.47 Å². The van der Waals surface area contributed by atoms with Gasteiger partial charge in [-0.2, -0.15) is 0 Å². The molecule has 1 spiro atoms. The zero-order valence-corrected chi connectivity index (χ0v) is 23.0. The van der Waals surface area contributed by atoms with Crippen LogP contribution in [-0.4, -0.2) is 24.8 Å². The minimum absolute atomic E-state index is 0.0807. The monoisotopic (exact) mass is 512 g/mol. The Labute approximate surface area is 226 Å². The number of carbonyl (C=O) groups excluding carboxylic acids is 2. The van der Waals surface area contributed by atoms with Crippen molar-refractivity contribution in [1.82, 2.24) is 0 Å². The molecule has 0 aliphatic heterocycles. The predicted molar refractivity (Wildman–Crippen MR) is 147 cm³/mol. The van der Waals surface area contributed by atoms with E-state index in [-0.39, 0.29) is 28.8 Å². The van der Waals surface area contributed by atoms with Crippen LogP contribution in [0.4, 0.5) is 0 Å². The van der Waals surface area contributed by atoms with Crippen molar-refractivity contribution in [2.24, 2.45) is 33.5 Å². The Kier molecular flexibility index (Phi) is 6.27. The Morgan fingerprint density at radius 3 is 2.21 bits per heavy atom. The number of aldehydes is 1. The first-order valence-electron chi connectivity index (χ1n) is 14.3. The number of fused-ring (bicyclic) bond motifs is 3. The minimum atomic E-state index is -0.597. The maximum Gasteiger partial charge on any atom is 0.147 e. The predicted octanol–water partition coefficient (Wildman–Crippen LogP) is 6.73. The van der Waals surface area contributed by atoms with Crippen molar-refractivity contribution in [3.05, 3.63) is 83.4 Å². The van der Waals surface area contributed by atoms with E-state index in [2.05, 4.69) is 51.1 Å². The summed E-state index contributed by atoms with van der Waals surface area (Å²) in [6.07, 6.45) is 7.47. The second-order valence-corrected chi connectivity index (χ2v) is 13.3. The maximum atomic E-state index is 14.8. The van der Waals surface area contributed by atoms with E-state index in [1.807, 2.05) is 36.4 Å². The van der Waals surface area contributed by atoms with Crippen LogP contribution in [0.3, 0.4) is 0 Å². The van der Waals surface area contributed by atoms with Crippen LogP contribution in [0, 0.1) is 33.5 Å². The number of rotatable bonds is 8. The SMILES string of the molecule is CC1(C)CC[C@@H](OCc2ccccc2)[C@]2(COCc3ccccc3)[C@@H]1C(=O)[C@@]13C=C(C=O)[C@@](C)(CC[C@@H]21)C3. The van der Waals surface area contributed by atoms with Gasteiger partial charge < -0.3 is 9.47 Å². The van der Waals surface area contributed by atoms with Gasteiger partial charge in [-0.1, -0.05) is 87.5 Å². The highest BCUT2D eigenvalue weighted by Crippen LogP contribution is 2.74. The van der Waals surface area contributed by atoms with Crippen LogP contribution in [0.2, 0.25) is 0 Å². The largest absolute Gasteiger partial charge is 0.376 e. The molecule has 6 rings (SSSR count). The van der Waals surface area contributed by atoms with Crippen molar-refractivity contribution >= 4 is 12.1 Å². The van der Waals surface area contributed by atoms with Gasteiger partial charge in [0.15, 0.2) is 0 Å². The first kappa shape index (κ1) is 25.7. The molecular weight excluding hydrogens is 472 g/mol. The lowest BCUT2D eigenvalue weighted by molar-refractivity contribution is -0.186. The highest BCUT2D eigenvalue weighted by atomic mass is 16.5. The second-order valence-electron chi connectivity index (χ2n) is 13.3. The lowest BCUT2D eigenvalue weighted by Crippen LogP contribution is -2.57. The Bertz CT molecular complexity index is 1230. The molecule has 2 aromatic carbocycles. The van der Waals surface area contributed by atoms with Crippen molar-refractivity contribution in [2.45, 2.75) is 72.2 Å². The van der Waals surface area contributed by atoms with E-state index in [1.165, 1.54) is 0 Å². The molecule has 2 aromatic rings. The van der Waals surface area contributed by atoms with E-state index < -0.39 is 10.8 Å². The fourth-order valence-electron chi connectivity index (χ4n) is 9.01. The van der Waals surface area contributed by atoms with Gasteiger partial charge in [0.1, 0.15) is 12.1 Å². The number of carbonyl (C=O) groups is 2. The van der Waals surface area contributed by atoms with Crippen molar-refractivity contribution < 1.29 is 19.1 Å². The van der Waals surface area contributed by atoms with Crippen LogP contribution in [0.5, 0.6) is 0 Å².